The van der Waals surface area contributed by atoms with Crippen LogP contribution in [0.5, 0.6) is 0 Å². The summed E-state index contributed by atoms with van der Waals surface area (Å²) in [5.74, 6) is -1.27. The molecule has 11 heteroatoms. The lowest BCUT2D eigenvalue weighted by Crippen LogP contribution is -2.30. The predicted octanol–water partition coefficient (Wildman–Crippen LogP) is 8.24. The van der Waals surface area contributed by atoms with E-state index in [9.17, 15) is 24.5 Å². The molecule has 0 aliphatic heterocycles. The van der Waals surface area contributed by atoms with Gasteiger partial charge in [0.15, 0.2) is 0 Å². The number of hydrogen-bond donors (Lipinski definition) is 3. The fourth-order valence-electron chi connectivity index (χ4n) is 4.39. The van der Waals surface area contributed by atoms with E-state index in [0.29, 0.717) is 22.5 Å². The normalized spacial score (nSPS) is 11.6. The zero-order valence-corrected chi connectivity index (χ0v) is 27.0. The van der Waals surface area contributed by atoms with Crippen LogP contribution in [0.2, 0.25) is 0 Å². The van der Waals surface area contributed by atoms with E-state index in [-0.39, 0.29) is 17.3 Å². The first kappa shape index (κ1) is 32.9. The zero-order valence-electron chi connectivity index (χ0n) is 24.6. The summed E-state index contributed by atoms with van der Waals surface area (Å²) in [6.45, 7) is 0. The van der Waals surface area contributed by atoms with Crippen LogP contribution in [0, 0.1) is 10.1 Å². The SMILES string of the molecule is O=C(Nc1ccc(SC(C(=O)Nc2ccc(Br)cc2)c2ccccc2)cc1)/C(=C/c1ccc([N+](=O)[O-])cc1)NC(=O)c1ccccc1. The number of thioether (sulfide) groups is 1. The Balaban J connectivity index is 1.33. The molecule has 5 aromatic rings. The second kappa shape index (κ2) is 15.7. The average Bonchev–Trinajstić information content (AvgIpc) is 3.09. The van der Waals surface area contributed by atoms with E-state index < -0.39 is 22.0 Å². The highest BCUT2D eigenvalue weighted by atomic mass is 79.9. The van der Waals surface area contributed by atoms with E-state index in [4.69, 9.17) is 0 Å². The second-order valence-corrected chi connectivity index (χ2v) is 12.2. The Labute approximate surface area is 283 Å². The number of benzene rings is 5. The lowest BCUT2D eigenvalue weighted by atomic mass is 10.1. The van der Waals surface area contributed by atoms with Crippen LogP contribution in [0.25, 0.3) is 6.08 Å². The van der Waals surface area contributed by atoms with Crippen molar-refractivity contribution in [3.05, 3.63) is 170 Å². The van der Waals surface area contributed by atoms with E-state index in [2.05, 4.69) is 31.9 Å². The first-order valence-electron chi connectivity index (χ1n) is 14.3. The Morgan fingerprint density at radius 3 is 1.91 bits per heavy atom. The minimum atomic E-state index is -0.593. The molecule has 0 aliphatic carbocycles. The first-order chi connectivity index (χ1) is 22.7. The molecule has 3 amide bonds. The molecule has 0 aromatic heterocycles. The number of carbonyl (C=O) groups excluding carboxylic acids is 3. The zero-order chi connectivity index (χ0) is 33.2. The smallest absolute Gasteiger partial charge is 0.272 e. The summed E-state index contributed by atoms with van der Waals surface area (Å²) >= 11 is 4.77. The van der Waals surface area contributed by atoms with Gasteiger partial charge in [-0.25, -0.2) is 0 Å². The summed E-state index contributed by atoms with van der Waals surface area (Å²) in [4.78, 5) is 51.1. The second-order valence-electron chi connectivity index (χ2n) is 10.1. The lowest BCUT2D eigenvalue weighted by molar-refractivity contribution is -0.384. The van der Waals surface area contributed by atoms with Gasteiger partial charge >= 0.3 is 0 Å². The number of hydrogen-bond acceptors (Lipinski definition) is 6. The summed E-state index contributed by atoms with van der Waals surface area (Å²) in [5.41, 5.74) is 2.65. The van der Waals surface area contributed by atoms with E-state index >= 15 is 0 Å². The standard InChI is InChI=1S/C36H27BrN4O5S/c37-27-13-15-28(16-14-27)39-36(44)33(25-7-3-1-4-8-25)47-31-21-17-29(18-22-31)38-35(43)32(40-34(42)26-9-5-2-6-10-26)23-24-11-19-30(20-12-24)41(45)46/h1-23,33H,(H,38,43)(H,39,44)(H,40,42)/b32-23-. The number of nitro groups is 1. The van der Waals surface area contributed by atoms with Gasteiger partial charge in [-0.1, -0.05) is 64.5 Å². The Morgan fingerprint density at radius 2 is 1.30 bits per heavy atom. The lowest BCUT2D eigenvalue weighted by Gasteiger charge is -2.17. The molecule has 0 bridgehead atoms. The van der Waals surface area contributed by atoms with Gasteiger partial charge in [0, 0.05) is 38.4 Å². The number of carbonyl (C=O) groups is 3. The molecule has 1 unspecified atom stereocenters. The molecule has 0 fully saturated rings. The molecule has 9 nitrogen and oxygen atoms in total. The Hall–Kier alpha value is -5.52. The van der Waals surface area contributed by atoms with Gasteiger partial charge in [0.1, 0.15) is 10.9 Å². The third kappa shape index (κ3) is 9.25. The summed E-state index contributed by atoms with van der Waals surface area (Å²) in [6.07, 6.45) is 1.44. The van der Waals surface area contributed by atoms with Crippen molar-refractivity contribution >= 4 is 68.6 Å². The largest absolute Gasteiger partial charge is 0.325 e. The molecule has 0 radical (unpaired) electrons. The maximum Gasteiger partial charge on any atom is 0.272 e. The Kier molecular flexibility index (Phi) is 10.9. The van der Waals surface area contributed by atoms with Gasteiger partial charge in [0.05, 0.1) is 4.92 Å². The Bertz CT molecular complexity index is 1900. The molecule has 5 aromatic carbocycles. The van der Waals surface area contributed by atoms with Gasteiger partial charge in [-0.15, -0.1) is 11.8 Å². The third-order valence-corrected chi connectivity index (χ3v) is 8.56. The number of nitrogens with one attached hydrogen (secondary N) is 3. The fourth-order valence-corrected chi connectivity index (χ4v) is 5.68. The van der Waals surface area contributed by atoms with Crippen molar-refractivity contribution in [1.29, 1.82) is 0 Å². The van der Waals surface area contributed by atoms with E-state index in [0.717, 1.165) is 14.9 Å². The minimum absolute atomic E-state index is 0.0556. The number of amides is 3. The molecule has 5 rings (SSSR count). The number of rotatable bonds is 11. The average molecular weight is 708 g/mol. The number of nitrogens with zero attached hydrogens (tertiary/aromatic N) is 1. The highest BCUT2D eigenvalue weighted by molar-refractivity contribution is 9.10. The topological polar surface area (TPSA) is 130 Å². The number of nitro benzene ring substituents is 1. The van der Waals surface area contributed by atoms with E-state index in [1.165, 1.54) is 42.1 Å². The number of halogens is 1. The van der Waals surface area contributed by atoms with Crippen LogP contribution in [0.15, 0.2) is 149 Å². The number of non-ortho nitro benzene ring substituents is 1. The highest BCUT2D eigenvalue weighted by Crippen LogP contribution is 2.37. The van der Waals surface area contributed by atoms with Crippen LogP contribution >= 0.6 is 27.7 Å². The highest BCUT2D eigenvalue weighted by Gasteiger charge is 2.23. The number of anilines is 2. The molecule has 0 spiro atoms. The first-order valence-corrected chi connectivity index (χ1v) is 15.9. The van der Waals surface area contributed by atoms with Gasteiger partial charge in [-0.3, -0.25) is 24.5 Å². The molecule has 0 heterocycles. The van der Waals surface area contributed by atoms with Crippen molar-refractivity contribution in [2.75, 3.05) is 10.6 Å². The molecule has 3 N–H and O–H groups in total. The molecular weight excluding hydrogens is 680 g/mol. The quantitative estimate of drug-likeness (QED) is 0.0549. The maximum atomic E-state index is 13.4. The predicted molar refractivity (Wildman–Crippen MR) is 188 cm³/mol. The van der Waals surface area contributed by atoms with Gasteiger partial charge in [-0.05, 0) is 90.0 Å². The van der Waals surface area contributed by atoms with Crippen molar-refractivity contribution in [1.82, 2.24) is 5.32 Å². The summed E-state index contributed by atoms with van der Waals surface area (Å²) < 4.78 is 0.907. The van der Waals surface area contributed by atoms with E-state index in [1.807, 2.05) is 54.6 Å². The van der Waals surface area contributed by atoms with Crippen molar-refractivity contribution < 1.29 is 19.3 Å². The van der Waals surface area contributed by atoms with Crippen LogP contribution in [-0.4, -0.2) is 22.6 Å². The minimum Gasteiger partial charge on any atom is -0.325 e. The van der Waals surface area contributed by atoms with Gasteiger partial charge in [-0.2, -0.15) is 0 Å². The van der Waals surface area contributed by atoms with Crippen molar-refractivity contribution in [2.24, 2.45) is 0 Å². The third-order valence-electron chi connectivity index (χ3n) is 6.76. The molecule has 1 atom stereocenters. The van der Waals surface area contributed by atoms with Crippen molar-refractivity contribution in [2.45, 2.75) is 10.1 Å². The molecule has 47 heavy (non-hydrogen) atoms. The van der Waals surface area contributed by atoms with Crippen molar-refractivity contribution in [3.63, 3.8) is 0 Å². The van der Waals surface area contributed by atoms with E-state index in [1.54, 1.807) is 54.6 Å². The summed E-state index contributed by atoms with van der Waals surface area (Å²) in [5, 5.41) is 19.0. The van der Waals surface area contributed by atoms with Crippen LogP contribution in [0.4, 0.5) is 17.1 Å². The Morgan fingerprint density at radius 1 is 0.723 bits per heavy atom. The molecular formula is C36H27BrN4O5S. The summed E-state index contributed by atoms with van der Waals surface area (Å²) in [7, 11) is 0. The van der Waals surface area contributed by atoms with Gasteiger partial charge < -0.3 is 16.0 Å². The monoisotopic (exact) mass is 706 g/mol. The van der Waals surface area contributed by atoms with Crippen LogP contribution < -0.4 is 16.0 Å². The molecule has 0 aliphatic rings. The van der Waals surface area contributed by atoms with Crippen LogP contribution in [0.3, 0.4) is 0 Å². The molecule has 0 saturated carbocycles. The summed E-state index contributed by atoms with van der Waals surface area (Å²) in [6, 6.07) is 37.8. The van der Waals surface area contributed by atoms with Gasteiger partial charge in [0.25, 0.3) is 17.5 Å². The molecule has 234 valence electrons. The van der Waals surface area contributed by atoms with Crippen LogP contribution in [0.1, 0.15) is 26.7 Å². The molecule has 0 saturated heterocycles. The van der Waals surface area contributed by atoms with Crippen LogP contribution in [-0.2, 0) is 9.59 Å². The van der Waals surface area contributed by atoms with Gasteiger partial charge in [0.2, 0.25) is 5.91 Å². The van der Waals surface area contributed by atoms with Crippen molar-refractivity contribution in [3.8, 4) is 0 Å². The fraction of sp³-hybridized carbons (Fsp3) is 0.0278. The maximum absolute atomic E-state index is 13.4.